The number of nitro benzene ring substituents is 1. The zero-order valence-electron chi connectivity index (χ0n) is 24.8. The van der Waals surface area contributed by atoms with E-state index in [1.54, 1.807) is 45.0 Å². The Balaban J connectivity index is 1.65. The minimum Gasteiger partial charge on any atom is -0.497 e. The van der Waals surface area contributed by atoms with Crippen LogP contribution in [0.3, 0.4) is 0 Å². The second kappa shape index (κ2) is 12.9. The van der Waals surface area contributed by atoms with Gasteiger partial charge in [-0.15, -0.1) is 0 Å². The largest absolute Gasteiger partial charge is 0.497 e. The minimum atomic E-state index is -0.930. The number of ether oxygens (including phenoxy) is 3. The number of hydrogen-bond donors (Lipinski definition) is 1. The average molecular weight is 650 g/mol. The highest BCUT2D eigenvalue weighted by molar-refractivity contribution is 7.99. The van der Waals surface area contributed by atoms with E-state index >= 15 is 0 Å². The normalized spacial score (nSPS) is 14.5. The number of allylic oxidation sites excluding steroid dienone is 1. The van der Waals surface area contributed by atoms with Gasteiger partial charge in [0, 0.05) is 29.5 Å². The molecule has 232 valence electrons. The molecule has 15 heteroatoms. The topological polar surface area (TPSA) is 168 Å². The van der Waals surface area contributed by atoms with Crippen molar-refractivity contribution in [2.75, 3.05) is 20.8 Å². The zero-order valence-corrected chi connectivity index (χ0v) is 26.4. The van der Waals surface area contributed by atoms with Crippen molar-refractivity contribution in [1.82, 2.24) is 14.5 Å². The summed E-state index contributed by atoms with van der Waals surface area (Å²) in [4.78, 5) is 62.5. The zero-order chi connectivity index (χ0) is 32.4. The molecule has 45 heavy (non-hydrogen) atoms. The molecular weight excluding hydrogens is 622 g/mol. The van der Waals surface area contributed by atoms with Crippen LogP contribution in [0.25, 0.3) is 6.08 Å². The van der Waals surface area contributed by atoms with Crippen molar-refractivity contribution in [1.29, 1.82) is 0 Å². The highest BCUT2D eigenvalue weighted by Crippen LogP contribution is 2.38. The maximum Gasteiger partial charge on any atom is 0.338 e. The van der Waals surface area contributed by atoms with Crippen molar-refractivity contribution >= 4 is 40.8 Å². The molecule has 5 rings (SSSR count). The number of nitrogens with zero attached hydrogens (tertiary/aromatic N) is 4. The third-order valence-corrected chi connectivity index (χ3v) is 8.72. The van der Waals surface area contributed by atoms with E-state index in [1.807, 2.05) is 0 Å². The lowest BCUT2D eigenvalue weighted by Gasteiger charge is -2.26. The SMILES string of the molecule is CCOC(=O)C1=C(C)N=c2s/c(=C/c3ccc(Sc4nc(C)cc(=O)[nH]4)c([N+](=O)[O-])c3)c(=O)n2[C@H]1c1ccc(OC)cc1OC. The molecular formula is C30H27N5O8S2. The van der Waals surface area contributed by atoms with Crippen molar-refractivity contribution in [2.24, 2.45) is 4.99 Å². The number of nitro groups is 1. The molecule has 0 radical (unpaired) electrons. The van der Waals surface area contributed by atoms with Crippen LogP contribution in [0.4, 0.5) is 5.69 Å². The second-order valence-electron chi connectivity index (χ2n) is 9.69. The van der Waals surface area contributed by atoms with Crippen LogP contribution >= 0.6 is 23.1 Å². The molecule has 0 fully saturated rings. The van der Waals surface area contributed by atoms with Crippen LogP contribution in [-0.2, 0) is 9.53 Å². The predicted octanol–water partition coefficient (Wildman–Crippen LogP) is 3.27. The van der Waals surface area contributed by atoms with E-state index in [0.717, 1.165) is 23.1 Å². The summed E-state index contributed by atoms with van der Waals surface area (Å²) in [6, 6.07) is 9.96. The van der Waals surface area contributed by atoms with E-state index in [-0.39, 0.29) is 38.0 Å². The Labute approximate surface area is 263 Å². The van der Waals surface area contributed by atoms with Gasteiger partial charge in [-0.2, -0.15) is 0 Å². The van der Waals surface area contributed by atoms with Crippen LogP contribution in [-0.4, -0.2) is 46.3 Å². The number of hydrogen-bond acceptors (Lipinski definition) is 12. The standard InChI is InChI=1S/C30H27N5O8S2/c1-6-43-28(38)25-16(3)32-30-34(26(25)19-9-8-18(41-4)14-21(19)42-5)27(37)23(45-30)13-17-7-10-22(20(12-17)35(39)40)44-29-31-15(2)11-24(36)33-29/h7-14,26H,6H2,1-5H3,(H,31,33,36)/b23-13+/t26-/m0/s1. The van der Waals surface area contributed by atoms with E-state index in [2.05, 4.69) is 15.0 Å². The van der Waals surface area contributed by atoms with Crippen molar-refractivity contribution in [2.45, 2.75) is 36.9 Å². The molecule has 0 amide bonds. The molecule has 0 aliphatic carbocycles. The van der Waals surface area contributed by atoms with E-state index in [9.17, 15) is 24.5 Å². The van der Waals surface area contributed by atoms with Gasteiger partial charge in [-0.1, -0.05) is 17.4 Å². The third-order valence-electron chi connectivity index (χ3n) is 6.78. The van der Waals surface area contributed by atoms with Gasteiger partial charge in [0.25, 0.3) is 16.8 Å². The second-order valence-corrected chi connectivity index (χ2v) is 11.7. The number of rotatable bonds is 9. The van der Waals surface area contributed by atoms with Crippen LogP contribution < -0.4 is 29.9 Å². The predicted molar refractivity (Wildman–Crippen MR) is 167 cm³/mol. The van der Waals surface area contributed by atoms with Gasteiger partial charge in [0.1, 0.15) is 17.5 Å². The number of benzene rings is 2. The summed E-state index contributed by atoms with van der Waals surface area (Å²) in [5.74, 6) is 0.289. The van der Waals surface area contributed by atoms with E-state index in [0.29, 0.717) is 38.8 Å². The fourth-order valence-corrected chi connectivity index (χ4v) is 6.81. The number of esters is 1. The van der Waals surface area contributed by atoms with Gasteiger partial charge in [0.2, 0.25) is 0 Å². The monoisotopic (exact) mass is 649 g/mol. The number of aromatic nitrogens is 3. The number of aromatic amines is 1. The summed E-state index contributed by atoms with van der Waals surface area (Å²) in [5.41, 5.74) is 0.882. The number of nitrogens with one attached hydrogen (secondary N) is 1. The third kappa shape index (κ3) is 6.30. The maximum atomic E-state index is 14.0. The maximum absolute atomic E-state index is 14.0. The Morgan fingerprint density at radius 2 is 1.93 bits per heavy atom. The molecule has 4 aromatic rings. The Bertz CT molecular complexity index is 2120. The highest BCUT2D eigenvalue weighted by atomic mass is 32.2. The smallest absolute Gasteiger partial charge is 0.338 e. The van der Waals surface area contributed by atoms with Gasteiger partial charge in [0.05, 0.1) is 46.4 Å². The number of H-pyrrole nitrogens is 1. The molecule has 2 aromatic carbocycles. The van der Waals surface area contributed by atoms with E-state index < -0.39 is 22.5 Å². The first-order valence-corrected chi connectivity index (χ1v) is 15.1. The lowest BCUT2D eigenvalue weighted by atomic mass is 9.95. The molecule has 3 heterocycles. The summed E-state index contributed by atoms with van der Waals surface area (Å²) in [6.07, 6.45) is 1.53. The lowest BCUT2D eigenvalue weighted by Crippen LogP contribution is -2.40. The summed E-state index contributed by atoms with van der Waals surface area (Å²) < 4.78 is 18.0. The molecule has 0 saturated carbocycles. The fraction of sp³-hybridized carbons (Fsp3) is 0.233. The van der Waals surface area contributed by atoms with E-state index in [1.165, 1.54) is 43.1 Å². The minimum absolute atomic E-state index is 0.121. The molecule has 0 saturated heterocycles. The summed E-state index contributed by atoms with van der Waals surface area (Å²) in [7, 11) is 2.99. The Kier molecular flexibility index (Phi) is 9.01. The number of aryl methyl sites for hydroxylation is 1. The fourth-order valence-electron chi connectivity index (χ4n) is 4.84. The van der Waals surface area contributed by atoms with E-state index in [4.69, 9.17) is 14.2 Å². The number of thiazole rings is 1. The number of carbonyl (C=O) groups excluding carboxylic acids is 1. The van der Waals surface area contributed by atoms with Crippen LogP contribution in [0.5, 0.6) is 11.5 Å². The van der Waals surface area contributed by atoms with Crippen LogP contribution in [0.15, 0.2) is 78.4 Å². The highest BCUT2D eigenvalue weighted by Gasteiger charge is 2.35. The molecule has 1 aliphatic rings. The van der Waals surface area contributed by atoms with Crippen molar-refractivity contribution < 1.29 is 23.9 Å². The van der Waals surface area contributed by atoms with Crippen LogP contribution in [0.1, 0.15) is 36.7 Å². The molecule has 2 aromatic heterocycles. The van der Waals surface area contributed by atoms with Gasteiger partial charge >= 0.3 is 5.97 Å². The molecule has 0 unspecified atom stereocenters. The van der Waals surface area contributed by atoms with Gasteiger partial charge in [0.15, 0.2) is 9.96 Å². The van der Waals surface area contributed by atoms with Crippen LogP contribution in [0, 0.1) is 17.0 Å². The van der Waals surface area contributed by atoms with Gasteiger partial charge in [-0.3, -0.25) is 24.3 Å². The number of fused-ring (bicyclic) bond motifs is 1. The molecule has 13 nitrogen and oxygen atoms in total. The van der Waals surface area contributed by atoms with Gasteiger partial charge in [-0.25, -0.2) is 14.8 Å². The van der Waals surface area contributed by atoms with Gasteiger partial charge in [-0.05, 0) is 62.4 Å². The van der Waals surface area contributed by atoms with Crippen molar-refractivity contribution in [3.8, 4) is 11.5 Å². The Morgan fingerprint density at radius 3 is 2.60 bits per heavy atom. The molecule has 0 bridgehead atoms. The van der Waals surface area contributed by atoms with Crippen molar-refractivity contribution in [3.63, 3.8) is 0 Å². The number of methoxy groups -OCH3 is 2. The van der Waals surface area contributed by atoms with Crippen molar-refractivity contribution in [3.05, 3.63) is 111 Å². The Hall–Kier alpha value is -5.02. The molecule has 1 atom stereocenters. The first-order chi connectivity index (χ1) is 21.5. The van der Waals surface area contributed by atoms with Gasteiger partial charge < -0.3 is 19.2 Å². The first-order valence-electron chi connectivity index (χ1n) is 13.5. The number of carbonyl (C=O) groups is 1. The summed E-state index contributed by atoms with van der Waals surface area (Å²) in [6.45, 7) is 5.13. The summed E-state index contributed by atoms with van der Waals surface area (Å²) in [5, 5.41) is 12.2. The average Bonchev–Trinajstić information content (AvgIpc) is 3.30. The molecule has 0 spiro atoms. The first kappa shape index (κ1) is 31.4. The lowest BCUT2D eigenvalue weighted by molar-refractivity contribution is -0.387. The quantitative estimate of drug-likeness (QED) is 0.123. The summed E-state index contributed by atoms with van der Waals surface area (Å²) >= 11 is 2.03. The van der Waals surface area contributed by atoms with Crippen LogP contribution in [0.2, 0.25) is 0 Å². The molecule has 1 aliphatic heterocycles. The Morgan fingerprint density at radius 1 is 1.16 bits per heavy atom. The molecule has 1 N–H and O–H groups in total.